The number of hydrogen-bond donors (Lipinski definition) is 4. The zero-order chi connectivity index (χ0) is 25.5. The summed E-state index contributed by atoms with van der Waals surface area (Å²) >= 11 is 1.32. The maximum absolute atomic E-state index is 12.7. The van der Waals surface area contributed by atoms with Crippen LogP contribution in [0.15, 0.2) is 46.6 Å². The molecule has 0 aliphatic heterocycles. The molecule has 0 bridgehead atoms. The molecule has 1 amide bonds. The molecule has 0 atom stereocenters. The number of fused-ring (bicyclic) bond motifs is 1. The normalized spacial score (nSPS) is 14.5. The molecule has 186 valence electrons. The number of amides is 1. The Kier molecular flexibility index (Phi) is 5.60. The third-order valence-electron chi connectivity index (χ3n) is 5.72. The first-order chi connectivity index (χ1) is 17.9. The van der Waals surface area contributed by atoms with Crippen molar-refractivity contribution in [3.8, 4) is 16.5 Å². The first-order valence-electron chi connectivity index (χ1n) is 11.5. The number of hydrogen-bond acceptors (Lipinski definition) is 9. The SMILES string of the molecule is Cc1cnc(CNC(=O)c2ccc(-c3cc(=NC4CC4)n4nc/c(=C/c5[nH]c(=O)[nH]c5O)c4n3)s2)cn1. The van der Waals surface area contributed by atoms with Crippen LogP contribution in [0.25, 0.3) is 22.3 Å². The molecular formula is C24H21N9O3S. The highest BCUT2D eigenvalue weighted by atomic mass is 32.1. The van der Waals surface area contributed by atoms with Crippen LogP contribution in [-0.2, 0) is 6.54 Å². The van der Waals surface area contributed by atoms with Gasteiger partial charge in [0.25, 0.3) is 5.91 Å². The molecule has 4 N–H and O–H groups in total. The lowest BCUT2D eigenvalue weighted by Crippen LogP contribution is -2.22. The Morgan fingerprint density at radius 3 is 2.86 bits per heavy atom. The number of H-pyrrole nitrogens is 2. The monoisotopic (exact) mass is 515 g/mol. The predicted molar refractivity (Wildman–Crippen MR) is 135 cm³/mol. The Bertz CT molecular complexity index is 1810. The van der Waals surface area contributed by atoms with Crippen LogP contribution in [0.5, 0.6) is 5.88 Å². The van der Waals surface area contributed by atoms with Gasteiger partial charge in [0, 0.05) is 17.5 Å². The second kappa shape index (κ2) is 9.09. The molecule has 5 aromatic rings. The van der Waals surface area contributed by atoms with Gasteiger partial charge in [-0.1, -0.05) is 0 Å². The average Bonchev–Trinajstić information content (AvgIpc) is 3.25. The molecule has 1 aliphatic carbocycles. The van der Waals surface area contributed by atoms with Gasteiger partial charge in [-0.2, -0.15) is 9.61 Å². The number of thiophene rings is 1. The van der Waals surface area contributed by atoms with Crippen LogP contribution in [0.4, 0.5) is 0 Å². The van der Waals surface area contributed by atoms with Crippen molar-refractivity contribution in [2.75, 3.05) is 0 Å². The summed E-state index contributed by atoms with van der Waals surface area (Å²) in [5.74, 6) is -0.484. The van der Waals surface area contributed by atoms with Gasteiger partial charge in [0.15, 0.2) is 11.1 Å². The van der Waals surface area contributed by atoms with Crippen LogP contribution in [-0.4, -0.2) is 51.6 Å². The molecule has 1 aliphatic rings. The molecule has 1 saturated carbocycles. The summed E-state index contributed by atoms with van der Waals surface area (Å²) in [5.41, 5.74) is 2.99. The van der Waals surface area contributed by atoms with Gasteiger partial charge in [-0.3, -0.25) is 24.7 Å². The van der Waals surface area contributed by atoms with E-state index in [0.717, 1.165) is 23.4 Å². The van der Waals surface area contributed by atoms with Crippen LogP contribution >= 0.6 is 11.3 Å². The molecule has 0 saturated heterocycles. The van der Waals surface area contributed by atoms with Gasteiger partial charge in [-0.25, -0.2) is 9.78 Å². The molecule has 0 unspecified atom stereocenters. The Hall–Kier alpha value is -4.65. The summed E-state index contributed by atoms with van der Waals surface area (Å²) in [4.78, 5) is 48.5. The van der Waals surface area contributed by atoms with Crippen LogP contribution < -0.4 is 21.7 Å². The topological polar surface area (TPSA) is 166 Å². The second-order valence-corrected chi connectivity index (χ2v) is 9.76. The molecule has 6 rings (SSSR count). The summed E-state index contributed by atoms with van der Waals surface area (Å²) in [6.45, 7) is 2.13. The number of imidazole rings is 1. The van der Waals surface area contributed by atoms with Crippen molar-refractivity contribution in [2.45, 2.75) is 32.4 Å². The van der Waals surface area contributed by atoms with Crippen LogP contribution in [0, 0.1) is 6.92 Å². The average molecular weight is 516 g/mol. The highest BCUT2D eigenvalue weighted by Gasteiger charge is 2.21. The van der Waals surface area contributed by atoms with Crippen molar-refractivity contribution in [1.82, 2.24) is 39.9 Å². The first-order valence-corrected chi connectivity index (χ1v) is 12.4. The summed E-state index contributed by atoms with van der Waals surface area (Å²) < 4.78 is 1.64. The smallest absolute Gasteiger partial charge is 0.326 e. The minimum atomic E-state index is -0.517. The van der Waals surface area contributed by atoms with Crippen molar-refractivity contribution in [3.05, 3.63) is 79.9 Å². The number of rotatable bonds is 6. The molecule has 12 nitrogen and oxygen atoms in total. The number of aromatic nitrogens is 7. The first kappa shape index (κ1) is 22.8. The predicted octanol–water partition coefficient (Wildman–Crippen LogP) is 0.819. The minimum Gasteiger partial charge on any atom is -0.493 e. The van der Waals surface area contributed by atoms with Crippen LogP contribution in [0.3, 0.4) is 0 Å². The standard InChI is InChI=1S/C24H21N9O3S/c1-12-8-26-15(10-25-12)11-27-23(35)19-5-4-18(37-19)16-7-20(29-14-2-3-14)33-21(30-16)13(9-28-33)6-17-22(34)32-24(36)31-17/h4-10,14,34H,2-3,11H2,1H3,(H,27,35)(H2,31,32,36)/b13-6-,29-20?. The number of aromatic hydroxyl groups is 1. The van der Waals surface area contributed by atoms with Gasteiger partial charge < -0.3 is 15.4 Å². The van der Waals surface area contributed by atoms with Gasteiger partial charge in [0.2, 0.25) is 5.88 Å². The quantitative estimate of drug-likeness (QED) is 0.260. The fraction of sp³-hybridized carbons (Fsp3) is 0.208. The zero-order valence-corrected chi connectivity index (χ0v) is 20.4. The van der Waals surface area contributed by atoms with Crippen molar-refractivity contribution < 1.29 is 9.90 Å². The summed E-state index contributed by atoms with van der Waals surface area (Å²) in [6.07, 6.45) is 8.54. The van der Waals surface area contributed by atoms with E-state index < -0.39 is 5.69 Å². The fourth-order valence-corrected chi connectivity index (χ4v) is 4.57. The van der Waals surface area contributed by atoms with Gasteiger partial charge in [-0.15, -0.1) is 11.3 Å². The van der Waals surface area contributed by atoms with Crippen molar-refractivity contribution in [1.29, 1.82) is 0 Å². The Morgan fingerprint density at radius 1 is 1.27 bits per heavy atom. The molecule has 13 heteroatoms. The third kappa shape index (κ3) is 4.76. The molecular weight excluding hydrogens is 494 g/mol. The number of aromatic amines is 2. The minimum absolute atomic E-state index is 0.215. The lowest BCUT2D eigenvalue weighted by atomic mass is 10.3. The van der Waals surface area contributed by atoms with E-state index in [1.54, 1.807) is 35.2 Å². The van der Waals surface area contributed by atoms with Crippen LogP contribution in [0.1, 0.15) is 39.6 Å². The number of carbonyl (C=O) groups excluding carboxylic acids is 1. The van der Waals surface area contributed by atoms with E-state index >= 15 is 0 Å². The van der Waals surface area contributed by atoms with E-state index in [1.165, 1.54) is 11.3 Å². The molecule has 37 heavy (non-hydrogen) atoms. The number of nitrogens with zero attached hydrogens (tertiary/aromatic N) is 6. The molecule has 0 aromatic carbocycles. The largest absolute Gasteiger partial charge is 0.493 e. The Morgan fingerprint density at radius 2 is 2.14 bits per heavy atom. The molecule has 5 aromatic heterocycles. The number of nitrogens with one attached hydrogen (secondary N) is 3. The highest BCUT2D eigenvalue weighted by molar-refractivity contribution is 7.17. The lowest BCUT2D eigenvalue weighted by Gasteiger charge is -2.03. The molecule has 1 fully saturated rings. The van der Waals surface area contributed by atoms with Crippen molar-refractivity contribution in [2.24, 2.45) is 4.99 Å². The third-order valence-corrected chi connectivity index (χ3v) is 6.83. The summed E-state index contributed by atoms with van der Waals surface area (Å²) in [7, 11) is 0. The maximum Gasteiger partial charge on any atom is 0.326 e. The van der Waals surface area contributed by atoms with E-state index in [1.807, 2.05) is 19.1 Å². The summed E-state index contributed by atoms with van der Waals surface area (Å²) in [6, 6.07) is 5.70. The van der Waals surface area contributed by atoms with Gasteiger partial charge >= 0.3 is 5.69 Å². The highest BCUT2D eigenvalue weighted by Crippen LogP contribution is 2.27. The maximum atomic E-state index is 12.7. The van der Waals surface area contributed by atoms with Gasteiger partial charge in [0.1, 0.15) is 5.69 Å². The molecule has 0 radical (unpaired) electrons. The van der Waals surface area contributed by atoms with Crippen molar-refractivity contribution in [3.63, 3.8) is 0 Å². The second-order valence-electron chi connectivity index (χ2n) is 8.68. The van der Waals surface area contributed by atoms with Crippen molar-refractivity contribution >= 4 is 29.0 Å². The number of carbonyl (C=O) groups is 1. The number of aryl methyl sites for hydroxylation is 1. The van der Waals surface area contributed by atoms with E-state index in [4.69, 9.17) is 9.98 Å². The summed E-state index contributed by atoms with van der Waals surface area (Å²) in [5, 5.41) is 17.9. The molecule has 5 heterocycles. The van der Waals surface area contributed by atoms with E-state index in [9.17, 15) is 14.7 Å². The van der Waals surface area contributed by atoms with E-state index in [-0.39, 0.29) is 30.1 Å². The van der Waals surface area contributed by atoms with E-state index in [2.05, 4.69) is 30.4 Å². The van der Waals surface area contributed by atoms with Crippen LogP contribution in [0.2, 0.25) is 0 Å². The van der Waals surface area contributed by atoms with E-state index in [0.29, 0.717) is 32.6 Å². The molecule has 0 spiro atoms. The van der Waals surface area contributed by atoms with Gasteiger partial charge in [0.05, 0.1) is 51.8 Å². The Labute approximate surface area is 212 Å². The zero-order valence-electron chi connectivity index (χ0n) is 19.6. The Balaban J connectivity index is 1.35. The fourth-order valence-electron chi connectivity index (χ4n) is 3.69. The van der Waals surface area contributed by atoms with Gasteiger partial charge in [-0.05, 0) is 38.0 Å². The lowest BCUT2D eigenvalue weighted by molar-refractivity contribution is 0.0954.